The number of aliphatic carboxylic acids is 1. The van der Waals surface area contributed by atoms with Crippen LogP contribution in [0.3, 0.4) is 0 Å². The number of para-hydroxylation sites is 1. The van der Waals surface area contributed by atoms with Crippen molar-refractivity contribution in [3.63, 3.8) is 0 Å². The van der Waals surface area contributed by atoms with Crippen molar-refractivity contribution in [3.05, 3.63) is 77.0 Å². The van der Waals surface area contributed by atoms with Gasteiger partial charge in [0.15, 0.2) is 0 Å². The molecule has 0 bridgehead atoms. The highest BCUT2D eigenvalue weighted by Gasteiger charge is 2.25. The largest absolute Gasteiger partial charge is 0.478 e. The van der Waals surface area contributed by atoms with Crippen LogP contribution in [0.1, 0.15) is 34.7 Å². The van der Waals surface area contributed by atoms with Gasteiger partial charge in [-0.25, -0.2) is 4.79 Å². The van der Waals surface area contributed by atoms with Gasteiger partial charge < -0.3 is 9.67 Å². The van der Waals surface area contributed by atoms with E-state index >= 15 is 0 Å². The molecule has 4 rings (SSSR count). The van der Waals surface area contributed by atoms with E-state index in [9.17, 15) is 4.79 Å². The number of nitrogens with zero attached hydrogens (tertiary/aromatic N) is 2. The quantitative estimate of drug-likeness (QED) is 0.649. The molecule has 4 heteroatoms. The lowest BCUT2D eigenvalue weighted by atomic mass is 10.0. The number of aryl methyl sites for hydroxylation is 2. The van der Waals surface area contributed by atoms with E-state index in [2.05, 4.69) is 66.2 Å². The van der Waals surface area contributed by atoms with Gasteiger partial charge in [-0.05, 0) is 60.7 Å². The minimum absolute atomic E-state index is 0.433. The first-order chi connectivity index (χ1) is 13.5. The standard InChI is InChI=1S/C24H26N2O2/c1-25(14-13-19-16-26(2)22-6-4-3-5-20(19)22)23-11-9-18-15-17(7-10-21(18)23)8-12-24(27)28/h3-8,10,12,15-16,23H,9,11,13-14H2,1-2H3,(H,27,28)/b12-8+. The topological polar surface area (TPSA) is 45.5 Å². The van der Waals surface area contributed by atoms with Crippen molar-refractivity contribution in [1.82, 2.24) is 9.47 Å². The van der Waals surface area contributed by atoms with Crippen LogP contribution in [0, 0.1) is 0 Å². The Morgan fingerprint density at radius 3 is 2.93 bits per heavy atom. The number of aromatic nitrogens is 1. The molecule has 1 heterocycles. The molecule has 0 spiro atoms. The molecule has 1 aliphatic carbocycles. The molecule has 1 N–H and O–H groups in total. The van der Waals surface area contributed by atoms with E-state index in [0.29, 0.717) is 6.04 Å². The van der Waals surface area contributed by atoms with Crippen LogP contribution >= 0.6 is 0 Å². The maximum Gasteiger partial charge on any atom is 0.328 e. The molecule has 0 saturated heterocycles. The van der Waals surface area contributed by atoms with Gasteiger partial charge in [-0.2, -0.15) is 0 Å². The summed E-state index contributed by atoms with van der Waals surface area (Å²) >= 11 is 0. The minimum atomic E-state index is -0.911. The molecule has 0 fully saturated rings. The molecular formula is C24H26N2O2. The predicted octanol–water partition coefficient (Wildman–Crippen LogP) is 4.44. The van der Waals surface area contributed by atoms with Gasteiger partial charge in [-0.3, -0.25) is 4.90 Å². The summed E-state index contributed by atoms with van der Waals surface area (Å²) in [7, 11) is 4.32. The summed E-state index contributed by atoms with van der Waals surface area (Å²) in [5.41, 5.74) is 6.37. The van der Waals surface area contributed by atoms with E-state index in [0.717, 1.165) is 31.4 Å². The third-order valence-electron chi connectivity index (χ3n) is 5.88. The monoisotopic (exact) mass is 374 g/mol. The molecule has 0 radical (unpaired) electrons. The van der Waals surface area contributed by atoms with E-state index in [4.69, 9.17) is 5.11 Å². The van der Waals surface area contributed by atoms with E-state index < -0.39 is 5.97 Å². The van der Waals surface area contributed by atoms with Crippen LogP contribution in [0.4, 0.5) is 0 Å². The Bertz CT molecular complexity index is 1050. The Morgan fingerprint density at radius 1 is 1.29 bits per heavy atom. The molecule has 1 aromatic heterocycles. The molecule has 1 atom stereocenters. The minimum Gasteiger partial charge on any atom is -0.478 e. The highest BCUT2D eigenvalue weighted by atomic mass is 16.4. The second-order valence-corrected chi connectivity index (χ2v) is 7.70. The number of likely N-dealkylation sites (N-methyl/N-ethyl adjacent to an activating group) is 1. The third kappa shape index (κ3) is 3.60. The third-order valence-corrected chi connectivity index (χ3v) is 5.88. The van der Waals surface area contributed by atoms with Crippen molar-refractivity contribution in [3.8, 4) is 0 Å². The van der Waals surface area contributed by atoms with Gasteiger partial charge in [0.1, 0.15) is 0 Å². The number of carboxylic acids is 1. The van der Waals surface area contributed by atoms with Crippen molar-refractivity contribution < 1.29 is 9.90 Å². The van der Waals surface area contributed by atoms with E-state index in [1.54, 1.807) is 6.08 Å². The maximum atomic E-state index is 10.7. The normalized spacial score (nSPS) is 16.3. The van der Waals surface area contributed by atoms with E-state index in [1.807, 2.05) is 6.07 Å². The number of rotatable bonds is 6. The van der Waals surface area contributed by atoms with Gasteiger partial charge in [-0.1, -0.05) is 36.4 Å². The Hall–Kier alpha value is -2.85. The summed E-state index contributed by atoms with van der Waals surface area (Å²) in [4.78, 5) is 13.2. The van der Waals surface area contributed by atoms with Crippen molar-refractivity contribution in [2.24, 2.45) is 7.05 Å². The molecule has 0 amide bonds. The number of carbonyl (C=O) groups is 1. The van der Waals surface area contributed by atoms with Crippen molar-refractivity contribution in [1.29, 1.82) is 0 Å². The molecule has 1 unspecified atom stereocenters. The highest BCUT2D eigenvalue weighted by molar-refractivity contribution is 5.85. The van der Waals surface area contributed by atoms with Gasteiger partial charge in [0.2, 0.25) is 0 Å². The Balaban J connectivity index is 1.47. The zero-order valence-electron chi connectivity index (χ0n) is 16.4. The first kappa shape index (κ1) is 18.5. The van der Waals surface area contributed by atoms with Gasteiger partial charge in [0.25, 0.3) is 0 Å². The van der Waals surface area contributed by atoms with Crippen LogP contribution in [-0.4, -0.2) is 34.1 Å². The van der Waals surface area contributed by atoms with Crippen LogP contribution in [0.2, 0.25) is 0 Å². The van der Waals surface area contributed by atoms with E-state index in [1.165, 1.54) is 33.7 Å². The average Bonchev–Trinajstić information content (AvgIpc) is 3.26. The van der Waals surface area contributed by atoms with Crippen LogP contribution < -0.4 is 0 Å². The predicted molar refractivity (Wildman–Crippen MR) is 113 cm³/mol. The van der Waals surface area contributed by atoms with Crippen molar-refractivity contribution >= 4 is 22.9 Å². The van der Waals surface area contributed by atoms with Gasteiger partial charge in [-0.15, -0.1) is 0 Å². The molecule has 1 aliphatic rings. The summed E-state index contributed by atoms with van der Waals surface area (Å²) < 4.78 is 2.21. The first-order valence-corrected chi connectivity index (χ1v) is 9.80. The van der Waals surface area contributed by atoms with Gasteiger partial charge >= 0.3 is 5.97 Å². The lowest BCUT2D eigenvalue weighted by molar-refractivity contribution is -0.131. The zero-order chi connectivity index (χ0) is 19.7. The molecule has 0 saturated carbocycles. The maximum absolute atomic E-state index is 10.7. The number of hydrogen-bond acceptors (Lipinski definition) is 2. The van der Waals surface area contributed by atoms with Crippen LogP contribution in [-0.2, 0) is 24.7 Å². The lowest BCUT2D eigenvalue weighted by Gasteiger charge is -2.25. The fourth-order valence-corrected chi connectivity index (χ4v) is 4.42. The Morgan fingerprint density at radius 2 is 2.11 bits per heavy atom. The summed E-state index contributed by atoms with van der Waals surface area (Å²) in [5.74, 6) is -0.911. The SMILES string of the molecule is CN(CCc1cn(C)c2ccccc12)C1CCc2cc(/C=C/C(=O)O)ccc21. The summed E-state index contributed by atoms with van der Waals surface area (Å²) in [6.45, 7) is 1.01. The molecule has 144 valence electrons. The highest BCUT2D eigenvalue weighted by Crippen LogP contribution is 2.36. The average molecular weight is 374 g/mol. The number of benzene rings is 2. The van der Waals surface area contributed by atoms with Gasteiger partial charge in [0, 0.05) is 42.8 Å². The molecule has 3 aromatic rings. The molecular weight excluding hydrogens is 348 g/mol. The summed E-state index contributed by atoms with van der Waals surface area (Å²) in [5, 5.41) is 10.2. The van der Waals surface area contributed by atoms with Crippen LogP contribution in [0.5, 0.6) is 0 Å². The fraction of sp³-hybridized carbons (Fsp3) is 0.292. The summed E-state index contributed by atoms with van der Waals surface area (Å²) in [6, 6.07) is 15.3. The Kier molecular flexibility index (Phi) is 5.05. The summed E-state index contributed by atoms with van der Waals surface area (Å²) in [6.07, 6.45) is 8.32. The molecule has 0 aliphatic heterocycles. The fourth-order valence-electron chi connectivity index (χ4n) is 4.42. The molecule has 2 aromatic carbocycles. The van der Waals surface area contributed by atoms with Crippen LogP contribution in [0.15, 0.2) is 54.7 Å². The molecule has 28 heavy (non-hydrogen) atoms. The lowest BCUT2D eigenvalue weighted by Crippen LogP contribution is -2.25. The smallest absolute Gasteiger partial charge is 0.328 e. The number of carboxylic acid groups (broad SMARTS) is 1. The Labute approximate surface area is 165 Å². The first-order valence-electron chi connectivity index (χ1n) is 9.80. The van der Waals surface area contributed by atoms with E-state index in [-0.39, 0.29) is 0 Å². The van der Waals surface area contributed by atoms with Crippen molar-refractivity contribution in [2.45, 2.75) is 25.3 Å². The second kappa shape index (κ2) is 7.64. The van der Waals surface area contributed by atoms with Crippen molar-refractivity contribution in [2.75, 3.05) is 13.6 Å². The second-order valence-electron chi connectivity index (χ2n) is 7.70. The zero-order valence-corrected chi connectivity index (χ0v) is 16.4. The number of fused-ring (bicyclic) bond motifs is 2. The van der Waals surface area contributed by atoms with Gasteiger partial charge in [0.05, 0.1) is 0 Å². The number of hydrogen-bond donors (Lipinski definition) is 1. The van der Waals surface area contributed by atoms with Crippen LogP contribution in [0.25, 0.3) is 17.0 Å². The molecule has 4 nitrogen and oxygen atoms in total.